The van der Waals surface area contributed by atoms with Crippen LogP contribution in [0.2, 0.25) is 0 Å². The molecule has 1 rings (SSSR count). The number of halogens is 2. The van der Waals surface area contributed by atoms with Crippen LogP contribution in [-0.2, 0) is 4.79 Å². The Labute approximate surface area is 68.4 Å². The number of rotatable bonds is 0. The average molecular weight is 257 g/mol. The molecular formula is C4H3Br2NO2. The van der Waals surface area contributed by atoms with Gasteiger partial charge in [-0.2, -0.15) is 0 Å². The number of Topliss-reactive ketones (excluding diaryl/α,β-unsaturated/α-hetero) is 1. The molecule has 9 heavy (non-hydrogen) atoms. The van der Waals surface area contributed by atoms with E-state index >= 15 is 0 Å². The number of alkyl halides is 1. The zero-order valence-electron chi connectivity index (χ0n) is 4.19. The Morgan fingerprint density at radius 1 is 1.67 bits per heavy atom. The molecule has 0 bridgehead atoms. The van der Waals surface area contributed by atoms with Crippen LogP contribution >= 0.6 is 31.9 Å². The van der Waals surface area contributed by atoms with Crippen LogP contribution in [0.25, 0.3) is 0 Å². The minimum absolute atomic E-state index is 0.253. The molecular weight excluding hydrogens is 254 g/mol. The van der Waals surface area contributed by atoms with Crippen molar-refractivity contribution in [1.82, 2.24) is 5.32 Å². The van der Waals surface area contributed by atoms with E-state index < -0.39 is 4.95 Å². The van der Waals surface area contributed by atoms with E-state index in [1.807, 2.05) is 0 Å². The molecule has 0 amide bonds. The van der Waals surface area contributed by atoms with Crippen LogP contribution < -0.4 is 5.32 Å². The Balaban J connectivity index is 2.87. The molecule has 1 aliphatic rings. The molecule has 1 unspecified atom stereocenters. The molecule has 0 fully saturated rings. The van der Waals surface area contributed by atoms with Gasteiger partial charge in [0.25, 0.3) is 0 Å². The summed E-state index contributed by atoms with van der Waals surface area (Å²) in [6, 6.07) is 0. The van der Waals surface area contributed by atoms with Crippen molar-refractivity contribution in [2.45, 2.75) is 4.95 Å². The summed E-state index contributed by atoms with van der Waals surface area (Å²) in [6.07, 6.45) is 0. The Hall–Kier alpha value is -0.0300. The fourth-order valence-corrected chi connectivity index (χ4v) is 1.65. The van der Waals surface area contributed by atoms with Gasteiger partial charge < -0.3 is 10.4 Å². The maximum Gasteiger partial charge on any atom is 0.232 e. The number of hydrogen-bond donors (Lipinski definition) is 2. The lowest BCUT2D eigenvalue weighted by molar-refractivity contribution is -0.116. The van der Waals surface area contributed by atoms with Gasteiger partial charge in [-0.1, -0.05) is 15.9 Å². The Bertz CT molecular complexity index is 189. The first-order chi connectivity index (χ1) is 4.13. The van der Waals surface area contributed by atoms with E-state index in [0.717, 1.165) is 0 Å². The number of nitrogens with one attached hydrogen (secondary N) is 1. The van der Waals surface area contributed by atoms with Crippen molar-refractivity contribution >= 4 is 37.6 Å². The van der Waals surface area contributed by atoms with Gasteiger partial charge in [-0.3, -0.25) is 4.79 Å². The minimum Gasteiger partial charge on any atom is -0.502 e. The molecule has 1 aliphatic heterocycles. The fraction of sp³-hybridized carbons (Fsp3) is 0.250. The van der Waals surface area contributed by atoms with Crippen LogP contribution in [0.5, 0.6) is 0 Å². The molecule has 1 atom stereocenters. The smallest absolute Gasteiger partial charge is 0.232 e. The van der Waals surface area contributed by atoms with E-state index in [2.05, 4.69) is 37.2 Å². The number of carbonyl (C=O) groups is 1. The second kappa shape index (κ2) is 2.30. The number of carbonyl (C=O) groups excluding carboxylic acids is 1. The van der Waals surface area contributed by atoms with Crippen molar-refractivity contribution in [2.24, 2.45) is 0 Å². The topological polar surface area (TPSA) is 49.3 Å². The van der Waals surface area contributed by atoms with Crippen LogP contribution in [0.15, 0.2) is 10.4 Å². The molecule has 0 aromatic heterocycles. The highest BCUT2D eigenvalue weighted by Gasteiger charge is 2.28. The normalized spacial score (nSPS) is 26.9. The first-order valence-electron chi connectivity index (χ1n) is 2.16. The molecule has 0 saturated carbocycles. The molecule has 2 N–H and O–H groups in total. The number of hydrogen-bond acceptors (Lipinski definition) is 3. The second-order valence-electron chi connectivity index (χ2n) is 1.53. The predicted octanol–water partition coefficient (Wildman–Crippen LogP) is 1.00. The van der Waals surface area contributed by atoms with Gasteiger partial charge in [-0.25, -0.2) is 0 Å². The molecule has 3 nitrogen and oxygen atoms in total. The largest absolute Gasteiger partial charge is 0.502 e. The monoisotopic (exact) mass is 255 g/mol. The third-order valence-corrected chi connectivity index (χ3v) is 2.17. The summed E-state index contributed by atoms with van der Waals surface area (Å²) in [4.78, 5) is 10.2. The molecule has 0 radical (unpaired) electrons. The van der Waals surface area contributed by atoms with Crippen LogP contribution in [0.4, 0.5) is 0 Å². The summed E-state index contributed by atoms with van der Waals surface area (Å²) in [6.45, 7) is 0. The minimum atomic E-state index is -0.480. The summed E-state index contributed by atoms with van der Waals surface area (Å²) in [5.41, 5.74) is 0. The molecule has 0 aromatic rings. The Morgan fingerprint density at radius 3 is 2.33 bits per heavy atom. The van der Waals surface area contributed by atoms with Crippen LogP contribution in [0.1, 0.15) is 0 Å². The van der Waals surface area contributed by atoms with Gasteiger partial charge in [0.1, 0.15) is 9.56 Å². The molecule has 1 heterocycles. The standard InChI is InChI=1S/C4H3Br2NO2/c5-3-1(8)2(9)4(6)7-3/h3,7,9H. The van der Waals surface area contributed by atoms with Crippen molar-refractivity contribution in [3.63, 3.8) is 0 Å². The number of aliphatic hydroxyl groups excluding tert-OH is 1. The lowest BCUT2D eigenvalue weighted by atomic mass is 10.4. The SMILES string of the molecule is O=C1C(O)=C(Br)NC1Br. The molecule has 50 valence electrons. The third kappa shape index (κ3) is 1.11. The summed E-state index contributed by atoms with van der Waals surface area (Å²) in [5.74, 6) is -0.598. The zero-order valence-corrected chi connectivity index (χ0v) is 7.36. The highest BCUT2D eigenvalue weighted by Crippen LogP contribution is 2.20. The highest BCUT2D eigenvalue weighted by molar-refractivity contribution is 9.12. The third-order valence-electron chi connectivity index (χ3n) is 0.925. The van der Waals surface area contributed by atoms with Crippen molar-refractivity contribution in [1.29, 1.82) is 0 Å². The van der Waals surface area contributed by atoms with Gasteiger partial charge in [0.2, 0.25) is 5.78 Å². The lowest BCUT2D eigenvalue weighted by Gasteiger charge is -1.96. The van der Waals surface area contributed by atoms with Crippen molar-refractivity contribution < 1.29 is 9.90 Å². The van der Waals surface area contributed by atoms with Gasteiger partial charge in [-0.05, 0) is 15.9 Å². The van der Waals surface area contributed by atoms with Crippen LogP contribution in [0, 0.1) is 0 Å². The molecule has 5 heteroatoms. The zero-order chi connectivity index (χ0) is 7.02. The highest BCUT2D eigenvalue weighted by atomic mass is 79.9. The van der Waals surface area contributed by atoms with Gasteiger partial charge in [-0.15, -0.1) is 0 Å². The summed E-state index contributed by atoms with van der Waals surface area (Å²) < 4.78 is 0.342. The van der Waals surface area contributed by atoms with E-state index in [4.69, 9.17) is 5.11 Å². The number of ketones is 1. The van der Waals surface area contributed by atoms with Crippen molar-refractivity contribution in [3.05, 3.63) is 10.4 Å². The van der Waals surface area contributed by atoms with Crippen molar-refractivity contribution in [3.8, 4) is 0 Å². The number of aliphatic hydroxyl groups is 1. The summed E-state index contributed by atoms with van der Waals surface area (Å²) in [5, 5.41) is 11.5. The molecule has 0 aromatic carbocycles. The maximum absolute atomic E-state index is 10.7. The Morgan fingerprint density at radius 2 is 2.22 bits per heavy atom. The quantitative estimate of drug-likeness (QED) is 0.502. The van der Waals surface area contributed by atoms with Crippen LogP contribution in [0.3, 0.4) is 0 Å². The van der Waals surface area contributed by atoms with Gasteiger partial charge >= 0.3 is 0 Å². The predicted molar refractivity (Wildman–Crippen MR) is 39.4 cm³/mol. The summed E-state index contributed by atoms with van der Waals surface area (Å²) in [7, 11) is 0. The molecule has 0 aliphatic carbocycles. The van der Waals surface area contributed by atoms with E-state index in [1.165, 1.54) is 0 Å². The lowest BCUT2D eigenvalue weighted by Crippen LogP contribution is -2.20. The van der Waals surface area contributed by atoms with Crippen molar-refractivity contribution in [2.75, 3.05) is 0 Å². The maximum atomic E-state index is 10.7. The Kier molecular flexibility index (Phi) is 1.81. The fourth-order valence-electron chi connectivity index (χ4n) is 0.473. The van der Waals surface area contributed by atoms with Gasteiger partial charge in [0.15, 0.2) is 5.76 Å². The van der Waals surface area contributed by atoms with E-state index in [0.29, 0.717) is 4.61 Å². The van der Waals surface area contributed by atoms with Crippen LogP contribution in [-0.4, -0.2) is 15.8 Å². The van der Waals surface area contributed by atoms with Gasteiger partial charge in [0.05, 0.1) is 0 Å². The second-order valence-corrected chi connectivity index (χ2v) is 3.24. The van der Waals surface area contributed by atoms with E-state index in [1.54, 1.807) is 0 Å². The van der Waals surface area contributed by atoms with E-state index in [9.17, 15) is 4.79 Å². The molecule has 0 spiro atoms. The first kappa shape index (κ1) is 7.08. The van der Waals surface area contributed by atoms with Gasteiger partial charge in [0, 0.05) is 0 Å². The first-order valence-corrected chi connectivity index (χ1v) is 3.87. The summed E-state index contributed by atoms with van der Waals surface area (Å²) >= 11 is 5.94. The van der Waals surface area contributed by atoms with E-state index in [-0.39, 0.29) is 11.5 Å². The average Bonchev–Trinajstić information content (AvgIpc) is 1.98. The molecule has 0 saturated heterocycles.